The molecule has 1 aliphatic heterocycles. The molecule has 0 N–H and O–H groups in total. The molecule has 0 aliphatic carbocycles. The van der Waals surface area contributed by atoms with Crippen LogP contribution in [-0.2, 0) is 0 Å². The summed E-state index contributed by atoms with van der Waals surface area (Å²) in [5.74, 6) is 0.780. The first-order valence-corrected chi connectivity index (χ1v) is 7.71. The van der Waals surface area contributed by atoms with Crippen molar-refractivity contribution in [1.82, 2.24) is 9.55 Å². The molecule has 23 heavy (non-hydrogen) atoms. The van der Waals surface area contributed by atoms with Crippen molar-refractivity contribution in [2.75, 3.05) is 0 Å². The van der Waals surface area contributed by atoms with Gasteiger partial charge in [-0.3, -0.25) is 9.36 Å². The van der Waals surface area contributed by atoms with Crippen molar-refractivity contribution in [2.24, 2.45) is 0 Å². The molecule has 3 heteroatoms. The second-order valence-corrected chi connectivity index (χ2v) is 6.25. The fourth-order valence-electron chi connectivity index (χ4n) is 3.44. The third-order valence-electron chi connectivity index (χ3n) is 4.83. The molecule has 2 heterocycles. The number of carbonyl (C=O) groups is 1. The minimum atomic E-state index is 0.0199. The Bertz CT molecular complexity index is 1150. The molecule has 5 rings (SSSR count). The third-order valence-corrected chi connectivity index (χ3v) is 4.83. The number of aromatic nitrogens is 2. The van der Waals surface area contributed by atoms with Gasteiger partial charge in [0.1, 0.15) is 5.82 Å². The van der Waals surface area contributed by atoms with E-state index >= 15 is 0 Å². The van der Waals surface area contributed by atoms with Crippen LogP contribution in [0.3, 0.4) is 0 Å². The molecule has 4 aromatic rings. The molecule has 0 unspecified atom stereocenters. The van der Waals surface area contributed by atoms with Gasteiger partial charge in [-0.1, -0.05) is 24.3 Å². The summed E-state index contributed by atoms with van der Waals surface area (Å²) in [7, 11) is 0. The molecule has 0 amide bonds. The van der Waals surface area contributed by atoms with Crippen LogP contribution in [0.15, 0.2) is 48.5 Å². The number of nitrogens with zero attached hydrogens (tertiary/aromatic N) is 2. The summed E-state index contributed by atoms with van der Waals surface area (Å²) >= 11 is 0. The van der Waals surface area contributed by atoms with E-state index in [0.717, 1.165) is 38.8 Å². The van der Waals surface area contributed by atoms with E-state index in [1.165, 1.54) is 11.1 Å². The molecule has 0 bridgehead atoms. The van der Waals surface area contributed by atoms with Crippen LogP contribution in [0.2, 0.25) is 0 Å². The topological polar surface area (TPSA) is 34.9 Å². The first-order valence-electron chi connectivity index (χ1n) is 7.71. The van der Waals surface area contributed by atoms with Crippen molar-refractivity contribution in [3.8, 4) is 11.4 Å². The Kier molecular flexibility index (Phi) is 2.23. The van der Waals surface area contributed by atoms with Gasteiger partial charge in [-0.2, -0.15) is 0 Å². The van der Waals surface area contributed by atoms with Crippen molar-refractivity contribution < 1.29 is 4.79 Å². The van der Waals surface area contributed by atoms with Crippen molar-refractivity contribution in [1.29, 1.82) is 0 Å². The first kappa shape index (κ1) is 12.6. The quantitative estimate of drug-likeness (QED) is 0.422. The second kappa shape index (κ2) is 4.07. The smallest absolute Gasteiger partial charge is 0.264 e. The minimum Gasteiger partial charge on any atom is -0.268 e. The van der Waals surface area contributed by atoms with E-state index in [0.29, 0.717) is 0 Å². The number of rotatable bonds is 0. The number of hydrogen-bond donors (Lipinski definition) is 0. The number of carbonyl (C=O) groups excluding carboxylic acids is 1. The van der Waals surface area contributed by atoms with Crippen LogP contribution in [0.1, 0.15) is 21.5 Å². The molecule has 0 radical (unpaired) electrons. The van der Waals surface area contributed by atoms with Crippen molar-refractivity contribution >= 4 is 27.7 Å². The van der Waals surface area contributed by atoms with Crippen LogP contribution < -0.4 is 0 Å². The lowest BCUT2D eigenvalue weighted by Gasteiger charge is -2.03. The molecule has 0 spiro atoms. The van der Waals surface area contributed by atoms with Crippen LogP contribution in [0.4, 0.5) is 0 Å². The van der Waals surface area contributed by atoms with Crippen molar-refractivity contribution in [2.45, 2.75) is 13.8 Å². The Hall–Kier alpha value is -2.94. The zero-order valence-electron chi connectivity index (χ0n) is 12.9. The highest BCUT2D eigenvalue weighted by Crippen LogP contribution is 2.37. The van der Waals surface area contributed by atoms with Crippen LogP contribution in [-0.4, -0.2) is 15.5 Å². The van der Waals surface area contributed by atoms with E-state index in [2.05, 4.69) is 38.1 Å². The summed E-state index contributed by atoms with van der Waals surface area (Å²) in [6, 6.07) is 16.3. The van der Waals surface area contributed by atoms with Gasteiger partial charge in [0.15, 0.2) is 0 Å². The standard InChI is InChI=1S/C20H14N2O/c1-11-7-17-18(8-12(11)2)22-19(21-17)15-9-13-5-3-4-6-14(13)10-16(15)20(22)23/h3-10H,1-2H3. The molecule has 3 nitrogen and oxygen atoms in total. The number of hydrogen-bond acceptors (Lipinski definition) is 2. The number of fused-ring (bicyclic) bond motifs is 6. The molecule has 0 saturated carbocycles. The lowest BCUT2D eigenvalue weighted by molar-refractivity contribution is 0.0973. The molecule has 0 atom stereocenters. The SMILES string of the molecule is Cc1cc2nc3n(c2cc1C)C(=O)c1cc2ccccc2cc1-3. The maximum atomic E-state index is 12.9. The zero-order chi connectivity index (χ0) is 15.7. The van der Waals surface area contributed by atoms with Gasteiger partial charge in [-0.25, -0.2) is 4.98 Å². The van der Waals surface area contributed by atoms with E-state index in [9.17, 15) is 4.79 Å². The fourth-order valence-corrected chi connectivity index (χ4v) is 3.44. The largest absolute Gasteiger partial charge is 0.268 e. The van der Waals surface area contributed by atoms with Crippen LogP contribution >= 0.6 is 0 Å². The van der Waals surface area contributed by atoms with Gasteiger partial charge < -0.3 is 0 Å². The van der Waals surface area contributed by atoms with Crippen LogP contribution in [0.25, 0.3) is 33.2 Å². The normalized spacial score (nSPS) is 12.9. The molecule has 1 aliphatic rings. The maximum absolute atomic E-state index is 12.9. The number of imidazole rings is 1. The number of aryl methyl sites for hydroxylation is 2. The Morgan fingerprint density at radius 2 is 1.52 bits per heavy atom. The summed E-state index contributed by atoms with van der Waals surface area (Å²) < 4.78 is 1.76. The second-order valence-electron chi connectivity index (χ2n) is 6.25. The average molecular weight is 298 g/mol. The summed E-state index contributed by atoms with van der Waals surface area (Å²) in [4.78, 5) is 17.7. The van der Waals surface area contributed by atoms with Gasteiger partial charge in [0.25, 0.3) is 5.91 Å². The molecular formula is C20H14N2O. The third kappa shape index (κ3) is 1.54. The molecule has 1 aromatic heterocycles. The van der Waals surface area contributed by atoms with Crippen molar-refractivity contribution in [3.05, 3.63) is 65.2 Å². The Balaban J connectivity index is 1.90. The lowest BCUT2D eigenvalue weighted by atomic mass is 10.0. The van der Waals surface area contributed by atoms with E-state index in [1.807, 2.05) is 24.3 Å². The highest BCUT2D eigenvalue weighted by molar-refractivity contribution is 6.15. The van der Waals surface area contributed by atoms with E-state index in [-0.39, 0.29) is 5.91 Å². The lowest BCUT2D eigenvalue weighted by Crippen LogP contribution is -2.05. The van der Waals surface area contributed by atoms with Crippen LogP contribution in [0.5, 0.6) is 0 Å². The average Bonchev–Trinajstić information content (AvgIpc) is 3.03. The first-order chi connectivity index (χ1) is 11.1. The summed E-state index contributed by atoms with van der Waals surface area (Å²) in [5.41, 5.74) is 5.82. The molecular weight excluding hydrogens is 284 g/mol. The van der Waals surface area contributed by atoms with Gasteiger partial charge in [0, 0.05) is 5.56 Å². The Morgan fingerprint density at radius 3 is 2.26 bits per heavy atom. The van der Waals surface area contributed by atoms with E-state index < -0.39 is 0 Å². The van der Waals surface area contributed by atoms with E-state index in [1.54, 1.807) is 4.57 Å². The highest BCUT2D eigenvalue weighted by Gasteiger charge is 2.30. The fraction of sp³-hybridized carbons (Fsp3) is 0.100. The molecule has 0 saturated heterocycles. The monoisotopic (exact) mass is 298 g/mol. The van der Waals surface area contributed by atoms with Gasteiger partial charge in [0.05, 0.1) is 16.6 Å². The van der Waals surface area contributed by atoms with Crippen molar-refractivity contribution in [3.63, 3.8) is 0 Å². The Morgan fingerprint density at radius 1 is 0.870 bits per heavy atom. The summed E-state index contributed by atoms with van der Waals surface area (Å²) in [6.45, 7) is 4.14. The van der Waals surface area contributed by atoms with Gasteiger partial charge in [-0.05, 0) is 60.0 Å². The molecule has 0 fully saturated rings. The van der Waals surface area contributed by atoms with Gasteiger partial charge in [0.2, 0.25) is 0 Å². The van der Waals surface area contributed by atoms with E-state index in [4.69, 9.17) is 4.98 Å². The minimum absolute atomic E-state index is 0.0199. The predicted octanol–water partition coefficient (Wildman–Crippen LogP) is 4.48. The van der Waals surface area contributed by atoms with Crippen LogP contribution in [0, 0.1) is 13.8 Å². The van der Waals surface area contributed by atoms with Gasteiger partial charge in [-0.15, -0.1) is 0 Å². The summed E-state index contributed by atoms with van der Waals surface area (Å²) in [5, 5.41) is 2.22. The maximum Gasteiger partial charge on any atom is 0.264 e. The predicted molar refractivity (Wildman–Crippen MR) is 91.9 cm³/mol. The molecule has 110 valence electrons. The highest BCUT2D eigenvalue weighted by atomic mass is 16.2. The zero-order valence-corrected chi connectivity index (χ0v) is 12.9. The van der Waals surface area contributed by atoms with Gasteiger partial charge >= 0.3 is 0 Å². The number of benzene rings is 3. The molecule has 3 aromatic carbocycles. The Labute approximate surface area is 133 Å². The summed E-state index contributed by atoms with van der Waals surface area (Å²) in [6.07, 6.45) is 0.